The van der Waals surface area contributed by atoms with Crippen molar-refractivity contribution in [3.8, 4) is 0 Å². The van der Waals surface area contributed by atoms with Gasteiger partial charge in [-0.25, -0.2) is 4.98 Å². The van der Waals surface area contributed by atoms with Crippen molar-refractivity contribution < 1.29 is 4.79 Å². The number of halogens is 3. The van der Waals surface area contributed by atoms with Crippen molar-refractivity contribution in [3.63, 3.8) is 0 Å². The van der Waals surface area contributed by atoms with Crippen LogP contribution in [0, 0.1) is 6.92 Å². The Kier molecular flexibility index (Phi) is 4.30. The van der Waals surface area contributed by atoms with Crippen LogP contribution in [-0.4, -0.2) is 10.9 Å². The van der Waals surface area contributed by atoms with Crippen LogP contribution in [0.4, 0.5) is 5.69 Å². The fourth-order valence-electron chi connectivity index (χ4n) is 1.53. The summed E-state index contributed by atoms with van der Waals surface area (Å²) in [4.78, 5) is 16.0. The Morgan fingerprint density at radius 1 is 1.16 bits per heavy atom. The maximum absolute atomic E-state index is 12.1. The number of nitrogens with one attached hydrogen (secondary N) is 1. The van der Waals surface area contributed by atoms with E-state index >= 15 is 0 Å². The summed E-state index contributed by atoms with van der Waals surface area (Å²) in [6, 6.07) is 8.21. The molecule has 0 bridgehead atoms. The van der Waals surface area contributed by atoms with Gasteiger partial charge in [0.25, 0.3) is 5.91 Å². The minimum atomic E-state index is -0.419. The van der Waals surface area contributed by atoms with Crippen LogP contribution in [0.3, 0.4) is 0 Å². The quantitative estimate of drug-likeness (QED) is 0.823. The molecule has 1 amide bonds. The van der Waals surface area contributed by atoms with Gasteiger partial charge in [-0.1, -0.05) is 34.8 Å². The van der Waals surface area contributed by atoms with Crippen molar-refractivity contribution >= 4 is 46.4 Å². The zero-order chi connectivity index (χ0) is 14.0. The lowest BCUT2D eigenvalue weighted by atomic mass is 10.2. The number of benzene rings is 1. The maximum Gasteiger partial charge on any atom is 0.275 e. The first-order valence-electron chi connectivity index (χ1n) is 5.37. The average Bonchev–Trinajstić information content (AvgIpc) is 2.35. The SMILES string of the molecule is Cc1cc(Cl)ccc1NC(=O)c1nc(Cl)ccc1Cl. The summed E-state index contributed by atoms with van der Waals surface area (Å²) in [5.74, 6) is -0.419. The zero-order valence-electron chi connectivity index (χ0n) is 9.88. The lowest BCUT2D eigenvalue weighted by Crippen LogP contribution is -2.15. The van der Waals surface area contributed by atoms with Gasteiger partial charge in [0.2, 0.25) is 0 Å². The molecule has 1 aromatic carbocycles. The highest BCUT2D eigenvalue weighted by Crippen LogP contribution is 2.22. The molecule has 0 radical (unpaired) electrons. The van der Waals surface area contributed by atoms with Gasteiger partial charge in [-0.05, 0) is 42.8 Å². The van der Waals surface area contributed by atoms with Crippen molar-refractivity contribution in [2.24, 2.45) is 0 Å². The van der Waals surface area contributed by atoms with Crippen LogP contribution < -0.4 is 5.32 Å². The Morgan fingerprint density at radius 3 is 2.58 bits per heavy atom. The van der Waals surface area contributed by atoms with Gasteiger partial charge in [0.1, 0.15) is 10.8 Å². The molecule has 0 saturated carbocycles. The predicted molar refractivity (Wildman–Crippen MR) is 78.4 cm³/mol. The number of rotatable bonds is 2. The zero-order valence-corrected chi connectivity index (χ0v) is 12.1. The highest BCUT2D eigenvalue weighted by atomic mass is 35.5. The van der Waals surface area contributed by atoms with Crippen molar-refractivity contribution in [1.82, 2.24) is 4.98 Å². The highest BCUT2D eigenvalue weighted by molar-refractivity contribution is 6.35. The van der Waals surface area contributed by atoms with Crippen molar-refractivity contribution in [2.75, 3.05) is 5.32 Å². The molecule has 3 nitrogen and oxygen atoms in total. The summed E-state index contributed by atoms with van der Waals surface area (Å²) in [5, 5.41) is 3.78. The van der Waals surface area contributed by atoms with E-state index in [0.29, 0.717) is 10.7 Å². The number of carbonyl (C=O) groups excluding carboxylic acids is 1. The van der Waals surface area contributed by atoms with Gasteiger partial charge < -0.3 is 5.32 Å². The Morgan fingerprint density at radius 2 is 1.89 bits per heavy atom. The van der Waals surface area contributed by atoms with Crippen LogP contribution in [0.5, 0.6) is 0 Å². The number of pyridine rings is 1. The first-order valence-corrected chi connectivity index (χ1v) is 6.50. The topological polar surface area (TPSA) is 42.0 Å². The molecule has 6 heteroatoms. The summed E-state index contributed by atoms with van der Waals surface area (Å²) in [7, 11) is 0. The van der Waals surface area contributed by atoms with Crippen molar-refractivity contribution in [3.05, 3.63) is 56.8 Å². The molecule has 1 aromatic heterocycles. The second-order valence-corrected chi connectivity index (χ2v) is 5.11. The van der Waals surface area contributed by atoms with Crippen LogP contribution in [0.25, 0.3) is 0 Å². The van der Waals surface area contributed by atoms with E-state index < -0.39 is 5.91 Å². The third kappa shape index (κ3) is 3.38. The molecule has 0 atom stereocenters. The van der Waals surface area contributed by atoms with Gasteiger partial charge >= 0.3 is 0 Å². The van der Waals surface area contributed by atoms with Gasteiger partial charge in [-0.2, -0.15) is 0 Å². The van der Waals surface area contributed by atoms with Crippen LogP contribution in [0.2, 0.25) is 15.2 Å². The molecular weight excluding hydrogens is 307 g/mol. The fourth-order valence-corrected chi connectivity index (χ4v) is 2.09. The highest BCUT2D eigenvalue weighted by Gasteiger charge is 2.14. The standard InChI is InChI=1S/C13H9Cl3N2O/c1-7-6-8(14)2-4-10(7)17-13(19)12-9(15)3-5-11(16)18-12/h2-6H,1H3,(H,17,19). The van der Waals surface area contributed by atoms with E-state index in [0.717, 1.165) is 5.56 Å². The Balaban J connectivity index is 2.28. The summed E-state index contributed by atoms with van der Waals surface area (Å²) < 4.78 is 0. The van der Waals surface area contributed by atoms with Crippen LogP contribution in [-0.2, 0) is 0 Å². The third-order valence-electron chi connectivity index (χ3n) is 2.46. The van der Waals surface area contributed by atoms with Gasteiger partial charge in [0, 0.05) is 10.7 Å². The first-order chi connectivity index (χ1) is 8.97. The second kappa shape index (κ2) is 5.78. The van der Waals surface area contributed by atoms with E-state index in [9.17, 15) is 4.79 Å². The fraction of sp³-hybridized carbons (Fsp3) is 0.0769. The molecule has 19 heavy (non-hydrogen) atoms. The van der Waals surface area contributed by atoms with Crippen LogP contribution in [0.15, 0.2) is 30.3 Å². The predicted octanol–water partition coefficient (Wildman–Crippen LogP) is 4.60. The Hall–Kier alpha value is -1.29. The molecule has 0 aliphatic rings. The number of amides is 1. The number of nitrogens with zero attached hydrogens (tertiary/aromatic N) is 1. The molecule has 0 spiro atoms. The molecule has 2 aromatic rings. The molecule has 0 unspecified atom stereocenters. The second-order valence-electron chi connectivity index (χ2n) is 3.88. The largest absolute Gasteiger partial charge is 0.320 e. The molecule has 1 heterocycles. The van der Waals surface area contributed by atoms with Gasteiger partial charge in [-0.15, -0.1) is 0 Å². The average molecular weight is 316 g/mol. The normalized spacial score (nSPS) is 10.3. The van der Waals surface area contributed by atoms with Gasteiger partial charge in [0.15, 0.2) is 0 Å². The molecular formula is C13H9Cl3N2O. The van der Waals surface area contributed by atoms with E-state index in [-0.39, 0.29) is 15.9 Å². The number of carbonyl (C=O) groups is 1. The Bertz CT molecular complexity index is 644. The van der Waals surface area contributed by atoms with Gasteiger partial charge in [-0.3, -0.25) is 4.79 Å². The number of hydrogen-bond acceptors (Lipinski definition) is 2. The van der Waals surface area contributed by atoms with Crippen molar-refractivity contribution in [2.45, 2.75) is 6.92 Å². The summed E-state index contributed by atoms with van der Waals surface area (Å²) in [5.41, 5.74) is 1.58. The summed E-state index contributed by atoms with van der Waals surface area (Å²) in [6.07, 6.45) is 0. The molecule has 0 saturated heterocycles. The molecule has 0 aliphatic heterocycles. The van der Waals surface area contributed by atoms with Crippen molar-refractivity contribution in [1.29, 1.82) is 0 Å². The van der Waals surface area contributed by atoms with E-state index in [4.69, 9.17) is 34.8 Å². The summed E-state index contributed by atoms with van der Waals surface area (Å²) >= 11 is 17.5. The number of hydrogen-bond donors (Lipinski definition) is 1. The monoisotopic (exact) mass is 314 g/mol. The van der Waals surface area contributed by atoms with E-state index in [1.165, 1.54) is 12.1 Å². The lowest BCUT2D eigenvalue weighted by molar-refractivity contribution is 0.102. The minimum absolute atomic E-state index is 0.0866. The van der Waals surface area contributed by atoms with Crippen LogP contribution in [0.1, 0.15) is 16.1 Å². The Labute approximate surface area is 125 Å². The number of anilines is 1. The molecule has 0 aliphatic carbocycles. The van der Waals surface area contributed by atoms with Crippen LogP contribution >= 0.6 is 34.8 Å². The molecule has 98 valence electrons. The number of aryl methyl sites for hydroxylation is 1. The minimum Gasteiger partial charge on any atom is -0.320 e. The number of aromatic nitrogens is 1. The van der Waals surface area contributed by atoms with E-state index in [2.05, 4.69) is 10.3 Å². The smallest absolute Gasteiger partial charge is 0.275 e. The summed E-state index contributed by atoms with van der Waals surface area (Å²) in [6.45, 7) is 1.84. The molecule has 2 rings (SSSR count). The molecule has 0 fully saturated rings. The van der Waals surface area contributed by atoms with E-state index in [1.54, 1.807) is 18.2 Å². The lowest BCUT2D eigenvalue weighted by Gasteiger charge is -2.09. The van der Waals surface area contributed by atoms with E-state index in [1.807, 2.05) is 6.92 Å². The first kappa shape index (κ1) is 14.1. The van der Waals surface area contributed by atoms with Gasteiger partial charge in [0.05, 0.1) is 5.02 Å². The third-order valence-corrected chi connectivity index (χ3v) is 3.21. The molecule has 1 N–H and O–H groups in total. The maximum atomic E-state index is 12.1.